The van der Waals surface area contributed by atoms with Crippen molar-refractivity contribution in [3.8, 4) is 0 Å². The Morgan fingerprint density at radius 3 is 2.72 bits per heavy atom. The van der Waals surface area contributed by atoms with Gasteiger partial charge in [-0.3, -0.25) is 15.1 Å². The summed E-state index contributed by atoms with van der Waals surface area (Å²) in [6.45, 7) is -0.0198. The molecule has 43 heavy (non-hydrogen) atoms. The molecule has 3 heterocycles. The maximum absolute atomic E-state index is 15.2. The Labute approximate surface area is 255 Å². The van der Waals surface area contributed by atoms with E-state index < -0.39 is 34.9 Å². The Balaban J connectivity index is 1.25. The van der Waals surface area contributed by atoms with Gasteiger partial charge in [0.05, 0.1) is 28.4 Å². The topological polar surface area (TPSA) is 133 Å². The van der Waals surface area contributed by atoms with Crippen LogP contribution in [0.2, 0.25) is 5.02 Å². The van der Waals surface area contributed by atoms with Crippen molar-refractivity contribution < 1.29 is 19.1 Å². The van der Waals surface area contributed by atoms with E-state index in [1.54, 1.807) is 36.7 Å². The zero-order chi connectivity index (χ0) is 30.2. The van der Waals surface area contributed by atoms with Crippen molar-refractivity contribution in [3.63, 3.8) is 0 Å². The quantitative estimate of drug-likeness (QED) is 0.298. The van der Waals surface area contributed by atoms with Crippen LogP contribution in [0, 0.1) is 17.7 Å². The Bertz CT molecular complexity index is 1490. The lowest BCUT2D eigenvalue weighted by Crippen LogP contribution is -2.46. The number of hydrogen-bond acceptors (Lipinski definition) is 6. The summed E-state index contributed by atoms with van der Waals surface area (Å²) in [7, 11) is 0. The molecule has 3 fully saturated rings. The molecule has 5 N–H and O–H groups in total. The van der Waals surface area contributed by atoms with Gasteiger partial charge in [-0.2, -0.15) is 0 Å². The second-order valence-electron chi connectivity index (χ2n) is 12.2. The number of halogens is 2. The van der Waals surface area contributed by atoms with Gasteiger partial charge >= 0.3 is 6.03 Å². The lowest BCUT2D eigenvalue weighted by molar-refractivity contribution is -0.119. The first-order chi connectivity index (χ1) is 20.6. The number of aliphatic imine (C=N–C) groups is 1. The second kappa shape index (κ2) is 11.8. The minimum atomic E-state index is -1.20. The van der Waals surface area contributed by atoms with Gasteiger partial charge < -0.3 is 21.1 Å². The average Bonchev–Trinajstić information content (AvgIpc) is 3.90. The van der Waals surface area contributed by atoms with E-state index in [1.165, 1.54) is 30.0 Å². The van der Waals surface area contributed by atoms with Gasteiger partial charge in [0.25, 0.3) is 0 Å². The number of β-amino-alcohol motifs (C(OH)–C–C–N with tert-alkyl or cyclic N) is 1. The fourth-order valence-corrected chi connectivity index (χ4v) is 6.29. The Hall–Kier alpha value is -3.60. The minimum Gasteiger partial charge on any atom is -0.388 e. The predicted molar refractivity (Wildman–Crippen MR) is 164 cm³/mol. The van der Waals surface area contributed by atoms with Crippen molar-refractivity contribution in [1.82, 2.24) is 9.88 Å². The van der Waals surface area contributed by atoms with Crippen LogP contribution < -0.4 is 16.4 Å². The van der Waals surface area contributed by atoms with Crippen LogP contribution in [-0.4, -0.2) is 51.3 Å². The summed E-state index contributed by atoms with van der Waals surface area (Å²) in [5, 5.41) is 17.2. The molecule has 2 aliphatic carbocycles. The number of nitrogens with zero attached hydrogens (tertiary/aromatic N) is 3. The van der Waals surface area contributed by atoms with Crippen LogP contribution in [-0.2, 0) is 10.3 Å². The molecule has 11 heteroatoms. The van der Waals surface area contributed by atoms with E-state index in [0.29, 0.717) is 29.3 Å². The van der Waals surface area contributed by atoms with Crippen LogP contribution in [0.15, 0.2) is 65.4 Å². The molecule has 6 rings (SSSR count). The third-order valence-corrected chi connectivity index (χ3v) is 9.30. The van der Waals surface area contributed by atoms with Gasteiger partial charge in [-0.05, 0) is 85.4 Å². The van der Waals surface area contributed by atoms with E-state index in [0.717, 1.165) is 24.8 Å². The van der Waals surface area contributed by atoms with Gasteiger partial charge in [-0.15, -0.1) is 0 Å². The van der Waals surface area contributed by atoms with Gasteiger partial charge in [-0.1, -0.05) is 36.6 Å². The number of pyridine rings is 1. The van der Waals surface area contributed by atoms with Crippen molar-refractivity contribution in [3.05, 3.63) is 76.9 Å². The lowest BCUT2D eigenvalue weighted by Gasteiger charge is -2.33. The third-order valence-electron chi connectivity index (χ3n) is 9.08. The molecule has 226 valence electrons. The highest BCUT2D eigenvalue weighted by molar-refractivity contribution is 6.30. The summed E-state index contributed by atoms with van der Waals surface area (Å²) in [5.74, 6) is -0.298. The molecular weight excluding hydrogens is 571 g/mol. The highest BCUT2D eigenvalue weighted by Crippen LogP contribution is 2.47. The zero-order valence-corrected chi connectivity index (χ0v) is 24.6. The fourth-order valence-electron chi connectivity index (χ4n) is 6.18. The first kappa shape index (κ1) is 29.5. The molecule has 2 aliphatic heterocycles. The molecule has 1 saturated heterocycles. The summed E-state index contributed by atoms with van der Waals surface area (Å²) in [4.78, 5) is 36.7. The maximum Gasteiger partial charge on any atom is 0.323 e. The number of amides is 3. The molecular formula is C32H36ClFN6O3. The molecule has 0 spiro atoms. The van der Waals surface area contributed by atoms with Crippen LogP contribution in [0.1, 0.15) is 56.9 Å². The standard InChI is InChI=1S/C32H36ClFN6O3/c33-24-8-10-28(37-18-24)39-30(42)40-19-31(43,21-5-6-21)17-27(40)29(41)38-26-16-23(7-9-25(26)34)32(35,13-11-20-3-4-20)22-2-1-14-36-15-12-22/h1,7-10,12,14-16,18,20-21,27,43H,2-6,11,13,17,19,35H2,(H,38,41)(H,37,39,42)/t27-,31-,32?/m1/s1. The number of hydrogen-bond donors (Lipinski definition) is 4. The monoisotopic (exact) mass is 606 g/mol. The molecule has 0 bridgehead atoms. The molecule has 3 amide bonds. The zero-order valence-electron chi connectivity index (χ0n) is 23.8. The van der Waals surface area contributed by atoms with E-state index in [-0.39, 0.29) is 30.4 Å². The maximum atomic E-state index is 15.2. The highest BCUT2D eigenvalue weighted by Gasteiger charge is 2.55. The number of likely N-dealkylation sites (tertiary alicyclic amines) is 1. The van der Waals surface area contributed by atoms with Crippen molar-refractivity contribution in [1.29, 1.82) is 0 Å². The number of rotatable bonds is 9. The predicted octanol–water partition coefficient (Wildman–Crippen LogP) is 5.52. The van der Waals surface area contributed by atoms with Gasteiger partial charge in [0.1, 0.15) is 17.7 Å². The lowest BCUT2D eigenvalue weighted by atomic mass is 9.77. The number of allylic oxidation sites excluding steroid dienone is 2. The minimum absolute atomic E-state index is 0.00378. The Morgan fingerprint density at radius 1 is 1.19 bits per heavy atom. The molecule has 2 saturated carbocycles. The van der Waals surface area contributed by atoms with E-state index in [4.69, 9.17) is 17.3 Å². The van der Waals surface area contributed by atoms with Gasteiger partial charge in [-0.25, -0.2) is 14.2 Å². The number of aliphatic hydroxyl groups is 1. The molecule has 3 atom stereocenters. The van der Waals surface area contributed by atoms with E-state index >= 15 is 4.39 Å². The van der Waals surface area contributed by atoms with Crippen molar-refractivity contribution in [2.24, 2.45) is 22.6 Å². The highest BCUT2D eigenvalue weighted by atomic mass is 35.5. The number of nitrogens with one attached hydrogen (secondary N) is 2. The number of benzene rings is 1. The average molecular weight is 607 g/mol. The largest absolute Gasteiger partial charge is 0.388 e. The van der Waals surface area contributed by atoms with Crippen LogP contribution in [0.4, 0.5) is 20.7 Å². The summed E-state index contributed by atoms with van der Waals surface area (Å²) in [6.07, 6.45) is 15.0. The molecule has 1 unspecified atom stereocenters. The van der Waals surface area contributed by atoms with Crippen molar-refractivity contribution in [2.45, 2.75) is 68.5 Å². The van der Waals surface area contributed by atoms with Gasteiger partial charge in [0.15, 0.2) is 0 Å². The summed E-state index contributed by atoms with van der Waals surface area (Å²) >= 11 is 5.91. The van der Waals surface area contributed by atoms with Crippen molar-refractivity contribution in [2.75, 3.05) is 17.2 Å². The SMILES string of the molecule is NC(CCC1CC1)(C1=CC=NC=CC1)c1ccc(F)c(NC(=O)[C@H]2C[C@](O)(C3CC3)CN2C(=O)Nc2ccc(Cl)cn2)c1. The van der Waals surface area contributed by atoms with Crippen LogP contribution in [0.25, 0.3) is 0 Å². The fraction of sp³-hybridized carbons (Fsp3) is 0.438. The summed E-state index contributed by atoms with van der Waals surface area (Å²) in [5.41, 5.74) is 6.65. The number of nitrogens with two attached hydrogens (primary N) is 1. The smallest absolute Gasteiger partial charge is 0.323 e. The number of anilines is 2. The second-order valence-corrected chi connectivity index (χ2v) is 12.7. The number of carbonyl (C=O) groups excluding carboxylic acids is 2. The Kier molecular flexibility index (Phi) is 8.10. The molecule has 0 radical (unpaired) electrons. The Morgan fingerprint density at radius 2 is 2.00 bits per heavy atom. The molecule has 1 aromatic heterocycles. The molecule has 9 nitrogen and oxygen atoms in total. The van der Waals surface area contributed by atoms with Crippen LogP contribution >= 0.6 is 11.6 Å². The van der Waals surface area contributed by atoms with E-state index in [2.05, 4.69) is 20.6 Å². The molecule has 2 aromatic rings. The van der Waals surface area contributed by atoms with E-state index in [9.17, 15) is 14.7 Å². The van der Waals surface area contributed by atoms with Crippen LogP contribution in [0.5, 0.6) is 0 Å². The van der Waals surface area contributed by atoms with Gasteiger partial charge in [0.2, 0.25) is 5.91 Å². The van der Waals surface area contributed by atoms with Crippen molar-refractivity contribution >= 4 is 41.3 Å². The first-order valence-electron chi connectivity index (χ1n) is 14.8. The third kappa shape index (κ3) is 6.51. The van der Waals surface area contributed by atoms with E-state index in [1.807, 2.05) is 12.2 Å². The summed E-state index contributed by atoms with van der Waals surface area (Å²) in [6, 6.07) is 6.11. The summed E-state index contributed by atoms with van der Waals surface area (Å²) < 4.78 is 15.2. The number of urea groups is 1. The first-order valence-corrected chi connectivity index (χ1v) is 15.2. The number of aromatic nitrogens is 1. The normalized spacial score (nSPS) is 24.7. The van der Waals surface area contributed by atoms with Gasteiger partial charge in [0, 0.05) is 25.0 Å². The molecule has 4 aliphatic rings. The van der Waals surface area contributed by atoms with Crippen LogP contribution in [0.3, 0.4) is 0 Å². The molecule has 1 aromatic carbocycles. The number of carbonyl (C=O) groups is 2.